The van der Waals surface area contributed by atoms with Crippen molar-refractivity contribution >= 4 is 17.7 Å². The highest BCUT2D eigenvalue weighted by Crippen LogP contribution is 2.21. The van der Waals surface area contributed by atoms with Crippen molar-refractivity contribution in [2.45, 2.75) is 46.0 Å². The van der Waals surface area contributed by atoms with Gasteiger partial charge in [0.25, 0.3) is 5.91 Å². The molecule has 2 aromatic carbocycles. The van der Waals surface area contributed by atoms with Gasteiger partial charge in [0, 0.05) is 18.1 Å². The molecule has 1 atom stereocenters. The Morgan fingerprint density at radius 1 is 1.12 bits per heavy atom. The zero-order valence-electron chi connectivity index (χ0n) is 16.2. The van der Waals surface area contributed by atoms with Gasteiger partial charge >= 0.3 is 0 Å². The molecular weight excluding hydrogens is 342 g/mol. The lowest BCUT2D eigenvalue weighted by molar-refractivity contribution is -0.128. The van der Waals surface area contributed by atoms with Crippen molar-refractivity contribution in [1.82, 2.24) is 5.32 Å². The maximum Gasteiger partial charge on any atom is 0.261 e. The molecular formula is C22H29NO2S. The number of aryl methyl sites for hydroxylation is 3. The monoisotopic (exact) mass is 371 g/mol. The Kier molecular flexibility index (Phi) is 8.05. The first kappa shape index (κ1) is 20.4. The molecule has 3 nitrogen and oxygen atoms in total. The molecule has 4 heteroatoms. The highest BCUT2D eigenvalue weighted by molar-refractivity contribution is 7.98. The molecule has 0 aliphatic carbocycles. The molecule has 0 aliphatic heterocycles. The number of amides is 1. The molecule has 1 amide bonds. The number of rotatable bonds is 9. The van der Waals surface area contributed by atoms with Gasteiger partial charge in [-0.25, -0.2) is 0 Å². The van der Waals surface area contributed by atoms with E-state index >= 15 is 0 Å². The third-order valence-corrected chi connectivity index (χ3v) is 5.19. The van der Waals surface area contributed by atoms with Crippen LogP contribution >= 0.6 is 11.8 Å². The fourth-order valence-corrected chi connectivity index (χ4v) is 3.57. The number of benzene rings is 2. The number of carbonyl (C=O) groups is 1. The van der Waals surface area contributed by atoms with Crippen LogP contribution in [0.25, 0.3) is 0 Å². The van der Waals surface area contributed by atoms with E-state index in [1.807, 2.05) is 37.7 Å². The average molecular weight is 372 g/mol. The van der Waals surface area contributed by atoms with E-state index in [-0.39, 0.29) is 5.91 Å². The Balaban J connectivity index is 1.74. The fraction of sp³-hybridized carbons (Fsp3) is 0.409. The quantitative estimate of drug-likeness (QED) is 0.642. The summed E-state index contributed by atoms with van der Waals surface area (Å²) in [6.45, 7) is 8.79. The summed E-state index contributed by atoms with van der Waals surface area (Å²) in [5, 5.41) is 3.00. The topological polar surface area (TPSA) is 38.3 Å². The van der Waals surface area contributed by atoms with Gasteiger partial charge in [-0.3, -0.25) is 4.79 Å². The minimum absolute atomic E-state index is 0.0383. The van der Waals surface area contributed by atoms with Gasteiger partial charge in [0.05, 0.1) is 0 Å². The van der Waals surface area contributed by atoms with E-state index in [2.05, 4.69) is 49.5 Å². The zero-order chi connectivity index (χ0) is 18.9. The number of ether oxygens (including phenoxy) is 1. The summed E-state index contributed by atoms with van der Waals surface area (Å²) in [4.78, 5) is 12.4. The Bertz CT molecular complexity index is 730. The van der Waals surface area contributed by atoms with Crippen molar-refractivity contribution in [3.05, 3.63) is 64.7 Å². The molecule has 0 saturated carbocycles. The predicted octanol–water partition coefficient (Wildman–Crippen LogP) is 4.82. The summed E-state index contributed by atoms with van der Waals surface area (Å²) < 4.78 is 5.93. The van der Waals surface area contributed by atoms with Crippen LogP contribution in [0.3, 0.4) is 0 Å². The maximum absolute atomic E-state index is 12.4. The van der Waals surface area contributed by atoms with Crippen molar-refractivity contribution in [3.8, 4) is 5.75 Å². The molecule has 2 rings (SSSR count). The first-order valence-electron chi connectivity index (χ1n) is 9.14. The Morgan fingerprint density at radius 2 is 1.88 bits per heavy atom. The molecule has 0 bridgehead atoms. The van der Waals surface area contributed by atoms with Gasteiger partial charge in [-0.15, -0.1) is 0 Å². The van der Waals surface area contributed by atoms with Gasteiger partial charge in [0.2, 0.25) is 0 Å². The lowest BCUT2D eigenvalue weighted by Gasteiger charge is -2.19. The van der Waals surface area contributed by atoms with Gasteiger partial charge in [-0.2, -0.15) is 11.8 Å². The molecule has 0 aliphatic rings. The molecule has 2 aromatic rings. The fourth-order valence-electron chi connectivity index (χ4n) is 2.76. The second-order valence-corrected chi connectivity index (χ2v) is 7.72. The smallest absolute Gasteiger partial charge is 0.261 e. The third kappa shape index (κ3) is 6.41. The molecule has 26 heavy (non-hydrogen) atoms. The standard InChI is InChI=1S/C22H29NO2S/c1-5-20(25-21-10-9-17(3)13-18(21)4)22(24)23-11-12-26-15-19-8-6-7-16(2)14-19/h6-10,13-14,20H,5,11-12,15H2,1-4H3,(H,23,24). The van der Waals surface area contributed by atoms with Crippen LogP contribution in [0.15, 0.2) is 42.5 Å². The van der Waals surface area contributed by atoms with E-state index in [4.69, 9.17) is 4.74 Å². The summed E-state index contributed by atoms with van der Waals surface area (Å²) in [5.41, 5.74) is 4.86. The molecule has 140 valence electrons. The normalized spacial score (nSPS) is 11.8. The number of thioether (sulfide) groups is 1. The minimum atomic E-state index is -0.446. The van der Waals surface area contributed by atoms with E-state index in [9.17, 15) is 4.79 Å². The van der Waals surface area contributed by atoms with Crippen LogP contribution < -0.4 is 10.1 Å². The van der Waals surface area contributed by atoms with Crippen molar-refractivity contribution in [1.29, 1.82) is 0 Å². The summed E-state index contributed by atoms with van der Waals surface area (Å²) in [5.74, 6) is 2.60. The SMILES string of the molecule is CCC(Oc1ccc(C)cc1C)C(=O)NCCSCc1cccc(C)c1. The number of nitrogens with one attached hydrogen (secondary N) is 1. The largest absolute Gasteiger partial charge is 0.480 e. The average Bonchev–Trinajstić information content (AvgIpc) is 2.60. The Morgan fingerprint density at radius 3 is 2.58 bits per heavy atom. The summed E-state index contributed by atoms with van der Waals surface area (Å²) in [7, 11) is 0. The molecule has 1 unspecified atom stereocenters. The van der Waals surface area contributed by atoms with Gasteiger partial charge in [0.15, 0.2) is 6.10 Å². The highest BCUT2D eigenvalue weighted by Gasteiger charge is 2.18. The van der Waals surface area contributed by atoms with Crippen LogP contribution in [0.2, 0.25) is 0 Å². The zero-order valence-corrected chi connectivity index (χ0v) is 17.0. The lowest BCUT2D eigenvalue weighted by Crippen LogP contribution is -2.39. The maximum atomic E-state index is 12.4. The van der Waals surface area contributed by atoms with Crippen molar-refractivity contribution in [2.24, 2.45) is 0 Å². The van der Waals surface area contributed by atoms with E-state index in [0.717, 1.165) is 22.8 Å². The van der Waals surface area contributed by atoms with E-state index in [0.29, 0.717) is 13.0 Å². The van der Waals surface area contributed by atoms with E-state index in [1.165, 1.54) is 16.7 Å². The molecule has 0 radical (unpaired) electrons. The van der Waals surface area contributed by atoms with Crippen LogP contribution in [0.4, 0.5) is 0 Å². The second kappa shape index (κ2) is 10.3. The van der Waals surface area contributed by atoms with Crippen molar-refractivity contribution in [2.75, 3.05) is 12.3 Å². The first-order chi connectivity index (χ1) is 12.5. The number of carbonyl (C=O) groups excluding carboxylic acids is 1. The summed E-state index contributed by atoms with van der Waals surface area (Å²) in [6, 6.07) is 14.6. The minimum Gasteiger partial charge on any atom is -0.480 e. The predicted molar refractivity (Wildman–Crippen MR) is 111 cm³/mol. The molecule has 0 fully saturated rings. The van der Waals surface area contributed by atoms with Gasteiger partial charge < -0.3 is 10.1 Å². The third-order valence-electron chi connectivity index (χ3n) is 4.16. The van der Waals surface area contributed by atoms with Crippen LogP contribution in [0.1, 0.15) is 35.6 Å². The summed E-state index contributed by atoms with van der Waals surface area (Å²) in [6.07, 6.45) is 0.202. The molecule has 0 spiro atoms. The van der Waals surface area contributed by atoms with Crippen LogP contribution in [0.5, 0.6) is 5.75 Å². The van der Waals surface area contributed by atoms with Crippen molar-refractivity contribution in [3.63, 3.8) is 0 Å². The lowest BCUT2D eigenvalue weighted by atomic mass is 10.1. The van der Waals surface area contributed by atoms with E-state index < -0.39 is 6.10 Å². The first-order valence-corrected chi connectivity index (χ1v) is 10.3. The highest BCUT2D eigenvalue weighted by atomic mass is 32.2. The molecule has 1 N–H and O–H groups in total. The summed E-state index contributed by atoms with van der Waals surface area (Å²) >= 11 is 1.83. The molecule has 0 saturated heterocycles. The molecule has 0 aromatic heterocycles. The second-order valence-electron chi connectivity index (χ2n) is 6.62. The Labute approximate surface area is 161 Å². The molecule has 0 heterocycles. The van der Waals surface area contributed by atoms with Gasteiger partial charge in [-0.1, -0.05) is 54.4 Å². The van der Waals surface area contributed by atoms with E-state index in [1.54, 1.807) is 0 Å². The van der Waals surface area contributed by atoms with Crippen LogP contribution in [0, 0.1) is 20.8 Å². The van der Waals surface area contributed by atoms with Gasteiger partial charge in [0.1, 0.15) is 5.75 Å². The van der Waals surface area contributed by atoms with Crippen molar-refractivity contribution < 1.29 is 9.53 Å². The Hall–Kier alpha value is -1.94. The van der Waals surface area contributed by atoms with Crippen LogP contribution in [-0.2, 0) is 10.5 Å². The van der Waals surface area contributed by atoms with Crippen LogP contribution in [-0.4, -0.2) is 24.3 Å². The number of hydrogen-bond donors (Lipinski definition) is 1. The van der Waals surface area contributed by atoms with Gasteiger partial charge in [-0.05, 0) is 44.4 Å². The number of hydrogen-bond acceptors (Lipinski definition) is 3.